The molecule has 0 spiro atoms. The Morgan fingerprint density at radius 1 is 0.379 bits per heavy atom. The fraction of sp³-hybridized carbons (Fsp3) is 0. The molecule has 11 aromatic rings. The molecule has 0 saturated carbocycles. The van der Waals surface area contributed by atoms with Gasteiger partial charge >= 0.3 is 0 Å². The second-order valence-corrected chi connectivity index (χ2v) is 13.6. The average molecular weight is 757 g/mol. The Labute approximate surface area is 361 Å². The molecule has 0 amide bonds. The summed E-state index contributed by atoms with van der Waals surface area (Å²) in [4.78, 5) is 1.16. The molecule has 272 valence electrons. The second-order valence-electron chi connectivity index (χ2n) is 13.6. The molecule has 0 aliphatic carbocycles. The lowest BCUT2D eigenvalue weighted by Gasteiger charge is -2.28. The monoisotopic (exact) mass is 756 g/mol. The van der Waals surface area contributed by atoms with Crippen LogP contribution in [0.4, 0.5) is 17.1 Å². The predicted octanol–water partition coefficient (Wildman–Crippen LogP) is 16.0. The molecule has 2 heteroatoms. The van der Waals surface area contributed by atoms with E-state index in [0.717, 1.165) is 31.8 Å². The Balaban J connectivity index is 1.20. The van der Waals surface area contributed by atoms with Crippen molar-refractivity contribution < 1.29 is 27.7 Å². The highest BCUT2D eigenvalue weighted by molar-refractivity contribution is 6.19. The van der Waals surface area contributed by atoms with Crippen molar-refractivity contribution >= 4 is 60.5 Å². The van der Waals surface area contributed by atoms with Gasteiger partial charge in [0.15, 0.2) is 0 Å². The minimum atomic E-state index is -0.884. The molecule has 0 unspecified atom stereocenters. The zero-order valence-corrected chi connectivity index (χ0v) is 30.4. The van der Waals surface area contributed by atoms with E-state index < -0.39 is 136 Å². The van der Waals surface area contributed by atoms with Crippen LogP contribution in [0.2, 0.25) is 0 Å². The van der Waals surface area contributed by atoms with Crippen molar-refractivity contribution in [1.82, 2.24) is 0 Å². The van der Waals surface area contributed by atoms with E-state index >= 15 is 0 Å². The Morgan fingerprint density at radius 3 is 1.66 bits per heavy atom. The van der Waals surface area contributed by atoms with E-state index in [1.54, 1.807) is 42.5 Å². The van der Waals surface area contributed by atoms with Gasteiger partial charge in [-0.05, 0) is 104 Å². The van der Waals surface area contributed by atoms with Crippen LogP contribution in [0.3, 0.4) is 0 Å². The first-order valence-electron chi connectivity index (χ1n) is 27.0. The highest BCUT2D eigenvalue weighted by Crippen LogP contribution is 2.46. The van der Waals surface area contributed by atoms with Gasteiger partial charge in [0.05, 0.1) is 29.0 Å². The van der Waals surface area contributed by atoms with Gasteiger partial charge in [-0.2, -0.15) is 0 Å². The van der Waals surface area contributed by atoms with Crippen LogP contribution >= 0.6 is 0 Å². The third kappa shape index (κ3) is 5.91. The van der Waals surface area contributed by atoms with Crippen molar-refractivity contribution in [2.75, 3.05) is 4.90 Å². The lowest BCUT2D eigenvalue weighted by Crippen LogP contribution is -2.11. The molecule has 58 heavy (non-hydrogen) atoms. The molecule has 10 aromatic carbocycles. The second kappa shape index (κ2) is 14.1. The van der Waals surface area contributed by atoms with Gasteiger partial charge < -0.3 is 9.32 Å². The first kappa shape index (κ1) is 20.5. The zero-order valence-electron chi connectivity index (χ0n) is 47.4. The standard InChI is InChI=1S/C56H37NO/c1-2-11-38(12-3-1)40-21-23-41(24-22-40)42-27-32-47(33-28-42)57(48-34-29-43(30-35-48)46-26-25-39-13-4-5-15-45(39)37-46)53-19-9-8-17-50(53)51-18-10-20-54-55(51)52-36-31-44-14-6-7-16-49(44)56(52)58-54/h1-37H/i1D,2D,3D,11D,12D,21D,22D,23D,24D,27D,28D,29D,30D,32D,33D,34D,35D. The first-order valence-corrected chi connectivity index (χ1v) is 18.5. The summed E-state index contributed by atoms with van der Waals surface area (Å²) in [6.07, 6.45) is 0. The summed E-state index contributed by atoms with van der Waals surface area (Å²) in [5, 5.41) is 4.88. The van der Waals surface area contributed by atoms with Crippen LogP contribution in [0.25, 0.3) is 88.0 Å². The number of fused-ring (bicyclic) bond motifs is 6. The molecule has 0 aliphatic rings. The molecule has 0 radical (unpaired) electrons. The van der Waals surface area contributed by atoms with Crippen LogP contribution in [0.15, 0.2) is 228 Å². The van der Waals surface area contributed by atoms with Crippen LogP contribution < -0.4 is 4.90 Å². The minimum absolute atomic E-state index is 0.0279. The van der Waals surface area contributed by atoms with E-state index in [0.29, 0.717) is 33.2 Å². The van der Waals surface area contributed by atoms with Crippen LogP contribution in [0, 0.1) is 0 Å². The predicted molar refractivity (Wildman–Crippen MR) is 245 cm³/mol. The summed E-state index contributed by atoms with van der Waals surface area (Å²) in [5.74, 6) is 0. The number of hydrogen-bond donors (Lipinski definition) is 0. The van der Waals surface area contributed by atoms with Crippen LogP contribution in [-0.2, 0) is 0 Å². The molecular formula is C56H37NO. The maximum atomic E-state index is 9.78. The average Bonchev–Trinajstić information content (AvgIpc) is 3.82. The lowest BCUT2D eigenvalue weighted by molar-refractivity contribution is 0.673. The van der Waals surface area contributed by atoms with Gasteiger partial charge in [0.2, 0.25) is 0 Å². The number of nitrogens with zero attached hydrogens (tertiary/aromatic N) is 1. The molecule has 1 heterocycles. The number of anilines is 3. The summed E-state index contributed by atoms with van der Waals surface area (Å²) in [7, 11) is 0. The molecule has 0 atom stereocenters. The number of hydrogen-bond acceptors (Lipinski definition) is 2. The first-order chi connectivity index (χ1) is 35.8. The fourth-order valence-corrected chi connectivity index (χ4v) is 7.41. The molecule has 0 saturated heterocycles. The number of rotatable bonds is 7. The van der Waals surface area contributed by atoms with Crippen molar-refractivity contribution in [2.24, 2.45) is 0 Å². The van der Waals surface area contributed by atoms with E-state index in [4.69, 9.17) is 16.8 Å². The summed E-state index contributed by atoms with van der Waals surface area (Å²) in [6.45, 7) is 0. The lowest BCUT2D eigenvalue weighted by atomic mass is 9.95. The van der Waals surface area contributed by atoms with E-state index in [1.807, 2.05) is 78.9 Å². The largest absolute Gasteiger partial charge is 0.455 e. The minimum Gasteiger partial charge on any atom is -0.455 e. The Bertz CT molecular complexity index is 4190. The van der Waals surface area contributed by atoms with Gasteiger partial charge in [-0.1, -0.05) is 176 Å². The third-order valence-electron chi connectivity index (χ3n) is 10.2. The molecule has 0 aliphatic heterocycles. The maximum absolute atomic E-state index is 9.78. The topological polar surface area (TPSA) is 16.4 Å². The van der Waals surface area contributed by atoms with Crippen LogP contribution in [-0.4, -0.2) is 0 Å². The molecule has 2 nitrogen and oxygen atoms in total. The summed E-state index contributed by atoms with van der Waals surface area (Å²) >= 11 is 0. The van der Waals surface area contributed by atoms with Crippen molar-refractivity contribution in [3.63, 3.8) is 0 Å². The number of benzene rings is 10. The van der Waals surface area contributed by atoms with Gasteiger partial charge in [0.25, 0.3) is 0 Å². The molecule has 0 fully saturated rings. The van der Waals surface area contributed by atoms with E-state index in [1.165, 1.54) is 0 Å². The number of furan rings is 1. The van der Waals surface area contributed by atoms with Gasteiger partial charge in [0.1, 0.15) is 11.2 Å². The van der Waals surface area contributed by atoms with Crippen LogP contribution in [0.1, 0.15) is 23.3 Å². The highest BCUT2D eigenvalue weighted by atomic mass is 16.3. The number of para-hydroxylation sites is 1. The van der Waals surface area contributed by atoms with Gasteiger partial charge in [-0.25, -0.2) is 0 Å². The highest BCUT2D eigenvalue weighted by Gasteiger charge is 2.21. The Hall–Kier alpha value is -7.68. The normalized spacial score (nSPS) is 15.6. The molecule has 0 N–H and O–H groups in total. The van der Waals surface area contributed by atoms with Gasteiger partial charge in [-0.15, -0.1) is 0 Å². The van der Waals surface area contributed by atoms with Crippen molar-refractivity contribution in [1.29, 1.82) is 0 Å². The van der Waals surface area contributed by atoms with Crippen molar-refractivity contribution in [2.45, 2.75) is 0 Å². The summed E-state index contributed by atoms with van der Waals surface area (Å²) in [6, 6.07) is 23.7. The molecule has 0 bridgehead atoms. The SMILES string of the molecule is [2H]c1c([2H])c([2H])c(-c2c([2H])c([2H])c(-c3c([2H])c([2H])c(N(c4ccccc4-c4cccc5oc6c7ccccc7ccc6c45)c4c([2H])c([2H])c(-c5ccc6ccccc6c5)c([2H])c4[2H])c([2H])c3[2H])c([2H])c2[2H])c([2H])c1[2H]. The summed E-state index contributed by atoms with van der Waals surface area (Å²) < 4.78 is 162. The third-order valence-corrected chi connectivity index (χ3v) is 10.2. The van der Waals surface area contributed by atoms with E-state index in [-0.39, 0.29) is 11.3 Å². The van der Waals surface area contributed by atoms with Crippen LogP contribution in [0.5, 0.6) is 0 Å². The van der Waals surface area contributed by atoms with Gasteiger partial charge in [0, 0.05) is 33.1 Å². The van der Waals surface area contributed by atoms with Gasteiger partial charge in [-0.3, -0.25) is 0 Å². The molecule has 11 rings (SSSR count). The van der Waals surface area contributed by atoms with Crippen molar-refractivity contribution in [3.8, 4) is 44.5 Å². The molecule has 1 aromatic heterocycles. The Kier molecular flexibility index (Phi) is 4.98. The quantitative estimate of drug-likeness (QED) is 0.161. The fourth-order valence-electron chi connectivity index (χ4n) is 7.41. The maximum Gasteiger partial charge on any atom is 0.143 e. The smallest absolute Gasteiger partial charge is 0.143 e. The Morgan fingerprint density at radius 2 is 0.931 bits per heavy atom. The van der Waals surface area contributed by atoms with Crippen molar-refractivity contribution in [3.05, 3.63) is 224 Å². The summed E-state index contributed by atoms with van der Waals surface area (Å²) in [5.41, 5.74) is -0.988. The van der Waals surface area contributed by atoms with E-state index in [2.05, 4.69) is 0 Å². The zero-order chi connectivity index (χ0) is 53.2. The van der Waals surface area contributed by atoms with E-state index in [9.17, 15) is 11.0 Å². The molecular weight excluding hydrogens is 703 g/mol.